The molecule has 1 aliphatic heterocycles. The molecule has 0 bridgehead atoms. The zero-order chi connectivity index (χ0) is 20.6. The van der Waals surface area contributed by atoms with Crippen molar-refractivity contribution in [3.8, 4) is 0 Å². The van der Waals surface area contributed by atoms with Crippen molar-refractivity contribution < 1.29 is 13.2 Å². The van der Waals surface area contributed by atoms with Gasteiger partial charge in [0.25, 0.3) is 0 Å². The molecule has 10 heteroatoms. The average Bonchev–Trinajstić information content (AvgIpc) is 3.04. The third kappa shape index (κ3) is 10.0. The van der Waals surface area contributed by atoms with Crippen LogP contribution in [0.15, 0.2) is 17.4 Å². The lowest BCUT2D eigenvalue weighted by atomic mass is 9.93. The van der Waals surface area contributed by atoms with E-state index in [1.54, 1.807) is 13.2 Å². The van der Waals surface area contributed by atoms with Crippen LogP contribution in [0.4, 0.5) is 13.2 Å². The number of nitrogens with zero attached hydrogens (tertiary/aromatic N) is 4. The first-order valence-electron chi connectivity index (χ1n) is 10.0. The van der Waals surface area contributed by atoms with Gasteiger partial charge in [0.15, 0.2) is 5.96 Å². The minimum Gasteiger partial charge on any atom is -0.356 e. The minimum atomic E-state index is -4.10. The molecular weight excluding hydrogens is 496 g/mol. The number of nitrogens with one attached hydrogen (secondary N) is 2. The first-order chi connectivity index (χ1) is 13.3. The van der Waals surface area contributed by atoms with E-state index in [1.165, 1.54) is 4.90 Å². The van der Waals surface area contributed by atoms with E-state index in [0.717, 1.165) is 38.2 Å². The van der Waals surface area contributed by atoms with Crippen molar-refractivity contribution in [1.82, 2.24) is 25.1 Å². The highest BCUT2D eigenvalue weighted by molar-refractivity contribution is 14.0. The SMILES string of the molecule is CN=C(NCCC1CCN(CC(F)(F)F)CC1)NCc1nccn1CC(C)C.I. The number of piperidine rings is 1. The molecule has 0 spiro atoms. The van der Waals surface area contributed by atoms with Crippen LogP contribution >= 0.6 is 24.0 Å². The summed E-state index contributed by atoms with van der Waals surface area (Å²) in [7, 11) is 1.73. The molecule has 0 saturated carbocycles. The Kier molecular flexibility index (Phi) is 11.3. The van der Waals surface area contributed by atoms with Crippen LogP contribution in [0.3, 0.4) is 0 Å². The fourth-order valence-electron chi connectivity index (χ4n) is 3.53. The van der Waals surface area contributed by atoms with Gasteiger partial charge in [0.2, 0.25) is 0 Å². The Hall–Kier alpha value is -1.04. The highest BCUT2D eigenvalue weighted by Crippen LogP contribution is 2.23. The summed E-state index contributed by atoms with van der Waals surface area (Å²) in [6.07, 6.45) is 2.25. The van der Waals surface area contributed by atoms with Gasteiger partial charge in [-0.2, -0.15) is 13.2 Å². The van der Waals surface area contributed by atoms with Gasteiger partial charge < -0.3 is 15.2 Å². The molecule has 2 rings (SSSR count). The predicted octanol–water partition coefficient (Wildman–Crippen LogP) is 3.49. The first kappa shape index (κ1) is 26.0. The molecular formula is C19H34F3IN6. The maximum absolute atomic E-state index is 12.5. The molecule has 0 amide bonds. The number of halogens is 4. The molecule has 168 valence electrons. The van der Waals surface area contributed by atoms with Crippen LogP contribution in [-0.4, -0.2) is 59.8 Å². The molecule has 6 nitrogen and oxygen atoms in total. The Labute approximate surface area is 188 Å². The van der Waals surface area contributed by atoms with Gasteiger partial charge >= 0.3 is 6.18 Å². The van der Waals surface area contributed by atoms with Crippen molar-refractivity contribution in [1.29, 1.82) is 0 Å². The second-order valence-corrected chi connectivity index (χ2v) is 7.87. The third-order valence-electron chi connectivity index (χ3n) is 4.96. The van der Waals surface area contributed by atoms with E-state index in [9.17, 15) is 13.2 Å². The number of likely N-dealkylation sites (tertiary alicyclic amines) is 1. The van der Waals surface area contributed by atoms with Crippen molar-refractivity contribution in [2.24, 2.45) is 16.8 Å². The molecule has 0 radical (unpaired) electrons. The average molecular weight is 530 g/mol. The summed E-state index contributed by atoms with van der Waals surface area (Å²) < 4.78 is 39.5. The normalized spacial score (nSPS) is 16.7. The molecule has 1 fully saturated rings. The number of aromatic nitrogens is 2. The minimum absolute atomic E-state index is 0. The van der Waals surface area contributed by atoms with E-state index in [2.05, 4.69) is 39.0 Å². The highest BCUT2D eigenvalue weighted by atomic mass is 127. The largest absolute Gasteiger partial charge is 0.401 e. The van der Waals surface area contributed by atoms with Crippen molar-refractivity contribution >= 4 is 29.9 Å². The van der Waals surface area contributed by atoms with Gasteiger partial charge in [-0.3, -0.25) is 9.89 Å². The Morgan fingerprint density at radius 1 is 1.28 bits per heavy atom. The lowest BCUT2D eigenvalue weighted by Crippen LogP contribution is -2.41. The van der Waals surface area contributed by atoms with Gasteiger partial charge in [0.05, 0.1) is 13.1 Å². The first-order valence-corrected chi connectivity index (χ1v) is 10.0. The molecule has 0 unspecified atom stereocenters. The summed E-state index contributed by atoms with van der Waals surface area (Å²) in [4.78, 5) is 10.1. The van der Waals surface area contributed by atoms with Crippen LogP contribution in [0.2, 0.25) is 0 Å². The molecule has 2 heterocycles. The summed E-state index contributed by atoms with van der Waals surface area (Å²) in [6, 6.07) is 0. The van der Waals surface area contributed by atoms with Crippen LogP contribution < -0.4 is 10.6 Å². The third-order valence-corrected chi connectivity index (χ3v) is 4.96. The fourth-order valence-corrected chi connectivity index (χ4v) is 3.53. The highest BCUT2D eigenvalue weighted by Gasteiger charge is 2.32. The van der Waals surface area contributed by atoms with Crippen LogP contribution in [0.1, 0.15) is 38.9 Å². The second-order valence-electron chi connectivity index (χ2n) is 7.87. The Bertz CT molecular complexity index is 609. The summed E-state index contributed by atoms with van der Waals surface area (Å²) in [6.45, 7) is 6.87. The van der Waals surface area contributed by atoms with Gasteiger partial charge in [-0.15, -0.1) is 24.0 Å². The standard InChI is InChI=1S/C19H33F3N6.HI/c1-15(2)13-28-11-8-24-17(28)12-26-18(23-3)25-7-4-16-5-9-27(10-6-16)14-19(20,21)22;/h8,11,15-16H,4-7,9-10,12-14H2,1-3H3,(H2,23,25,26);1H. The number of hydrogen-bond acceptors (Lipinski definition) is 3. The van der Waals surface area contributed by atoms with Crippen molar-refractivity contribution in [3.05, 3.63) is 18.2 Å². The maximum atomic E-state index is 12.5. The van der Waals surface area contributed by atoms with Crippen molar-refractivity contribution in [3.63, 3.8) is 0 Å². The van der Waals surface area contributed by atoms with E-state index in [1.807, 2.05) is 6.20 Å². The van der Waals surface area contributed by atoms with Gasteiger partial charge in [-0.1, -0.05) is 13.8 Å². The zero-order valence-corrected chi connectivity index (χ0v) is 19.8. The molecule has 0 aromatic carbocycles. The van der Waals surface area contributed by atoms with Gasteiger partial charge in [0.1, 0.15) is 5.82 Å². The summed E-state index contributed by atoms with van der Waals surface area (Å²) in [5.41, 5.74) is 0. The topological polar surface area (TPSA) is 57.5 Å². The lowest BCUT2D eigenvalue weighted by Gasteiger charge is -2.32. The number of guanidine groups is 1. The van der Waals surface area contributed by atoms with Crippen LogP contribution in [-0.2, 0) is 13.1 Å². The Morgan fingerprint density at radius 3 is 2.55 bits per heavy atom. The zero-order valence-electron chi connectivity index (χ0n) is 17.5. The predicted molar refractivity (Wildman–Crippen MR) is 121 cm³/mol. The van der Waals surface area contributed by atoms with E-state index in [4.69, 9.17) is 0 Å². The molecule has 1 aliphatic rings. The van der Waals surface area contributed by atoms with Crippen molar-refractivity contribution in [2.45, 2.75) is 52.4 Å². The van der Waals surface area contributed by atoms with E-state index >= 15 is 0 Å². The van der Waals surface area contributed by atoms with Crippen LogP contribution in [0.25, 0.3) is 0 Å². The van der Waals surface area contributed by atoms with Crippen LogP contribution in [0.5, 0.6) is 0 Å². The number of aliphatic imine (C=N–C) groups is 1. The quantitative estimate of drug-likeness (QED) is 0.307. The smallest absolute Gasteiger partial charge is 0.356 e. The van der Waals surface area contributed by atoms with Gasteiger partial charge in [-0.25, -0.2) is 4.98 Å². The van der Waals surface area contributed by atoms with Gasteiger partial charge in [0, 0.05) is 32.5 Å². The summed E-state index contributed by atoms with van der Waals surface area (Å²) >= 11 is 0. The van der Waals surface area contributed by atoms with Gasteiger partial charge in [-0.05, 0) is 44.2 Å². The summed E-state index contributed by atoms with van der Waals surface area (Å²) in [5, 5.41) is 6.58. The number of alkyl halides is 3. The number of imidazole rings is 1. The monoisotopic (exact) mass is 530 g/mol. The van der Waals surface area contributed by atoms with Crippen molar-refractivity contribution in [2.75, 3.05) is 33.2 Å². The molecule has 2 N–H and O–H groups in total. The lowest BCUT2D eigenvalue weighted by molar-refractivity contribution is -0.148. The summed E-state index contributed by atoms with van der Waals surface area (Å²) in [5.74, 6) is 2.69. The second kappa shape index (κ2) is 12.6. The molecule has 1 aromatic rings. The van der Waals surface area contributed by atoms with E-state index in [-0.39, 0.29) is 24.0 Å². The Balaban J connectivity index is 0.00000420. The molecule has 0 aliphatic carbocycles. The molecule has 29 heavy (non-hydrogen) atoms. The van der Waals surface area contributed by atoms with E-state index < -0.39 is 12.7 Å². The number of hydrogen-bond donors (Lipinski definition) is 2. The Morgan fingerprint density at radius 2 is 1.97 bits per heavy atom. The number of rotatable bonds is 8. The molecule has 1 aromatic heterocycles. The van der Waals surface area contributed by atoms with E-state index in [0.29, 0.717) is 37.4 Å². The molecule has 0 atom stereocenters. The fraction of sp³-hybridized carbons (Fsp3) is 0.789. The van der Waals surface area contributed by atoms with Crippen LogP contribution in [0, 0.1) is 11.8 Å². The maximum Gasteiger partial charge on any atom is 0.401 e. The molecule has 1 saturated heterocycles.